The zero-order valence-corrected chi connectivity index (χ0v) is 11.3. The molecule has 0 N–H and O–H groups in total. The van der Waals surface area contributed by atoms with Crippen molar-refractivity contribution >= 4 is 5.97 Å². The molecule has 0 fully saturated rings. The van der Waals surface area contributed by atoms with E-state index in [2.05, 4.69) is 9.97 Å². The third-order valence-electron chi connectivity index (χ3n) is 2.35. The molecule has 2 rings (SSSR count). The van der Waals surface area contributed by atoms with Crippen LogP contribution in [0.2, 0.25) is 0 Å². The molecule has 0 spiro atoms. The Morgan fingerprint density at radius 3 is 2.32 bits per heavy atom. The van der Waals surface area contributed by atoms with Gasteiger partial charge in [0.25, 0.3) is 0 Å². The minimum atomic E-state index is -0.526. The number of carbonyl (C=O) groups is 1. The highest BCUT2D eigenvalue weighted by atomic mass is 16.6. The fraction of sp³-hybridized carbons (Fsp3) is 0.267. The van der Waals surface area contributed by atoms with Gasteiger partial charge in [0.05, 0.1) is 5.56 Å². The third kappa shape index (κ3) is 3.37. The number of benzene rings is 1. The number of ether oxygens (including phenoxy) is 1. The van der Waals surface area contributed by atoms with Gasteiger partial charge in [0.2, 0.25) is 0 Å². The molecule has 1 aromatic carbocycles. The summed E-state index contributed by atoms with van der Waals surface area (Å²) in [4.78, 5) is 20.5. The van der Waals surface area contributed by atoms with Crippen molar-refractivity contribution < 1.29 is 9.53 Å². The summed E-state index contributed by atoms with van der Waals surface area (Å²) in [6.45, 7) is 5.52. The minimum Gasteiger partial charge on any atom is -0.456 e. The first-order valence-electron chi connectivity index (χ1n) is 6.07. The Morgan fingerprint density at radius 1 is 1.05 bits per heavy atom. The van der Waals surface area contributed by atoms with E-state index in [9.17, 15) is 4.79 Å². The molecule has 0 radical (unpaired) electrons. The average Bonchev–Trinajstić information content (AvgIpc) is 2.38. The van der Waals surface area contributed by atoms with E-state index in [4.69, 9.17) is 4.74 Å². The second-order valence-electron chi connectivity index (χ2n) is 5.12. The van der Waals surface area contributed by atoms with E-state index in [0.717, 1.165) is 0 Å². The van der Waals surface area contributed by atoms with Crippen molar-refractivity contribution in [3.05, 3.63) is 48.3 Å². The molecule has 4 heteroatoms. The lowest BCUT2D eigenvalue weighted by Crippen LogP contribution is -2.24. The SMILES string of the molecule is CC(C)(C)OC(=O)c1ccccc1-c1ncccn1. The number of esters is 1. The Balaban J connectivity index is 2.40. The van der Waals surface area contributed by atoms with Crippen molar-refractivity contribution in [2.24, 2.45) is 0 Å². The molecule has 0 amide bonds. The lowest BCUT2D eigenvalue weighted by atomic mass is 10.1. The molecule has 0 saturated heterocycles. The number of aromatic nitrogens is 2. The predicted molar refractivity (Wildman–Crippen MR) is 72.6 cm³/mol. The summed E-state index contributed by atoms with van der Waals surface area (Å²) in [6, 6.07) is 8.92. The van der Waals surface area contributed by atoms with Gasteiger partial charge >= 0.3 is 5.97 Å². The van der Waals surface area contributed by atoms with Gasteiger partial charge in [0.15, 0.2) is 5.82 Å². The van der Waals surface area contributed by atoms with Crippen LogP contribution in [0.5, 0.6) is 0 Å². The highest BCUT2D eigenvalue weighted by molar-refractivity contribution is 5.96. The molecule has 1 heterocycles. The molecule has 19 heavy (non-hydrogen) atoms. The van der Waals surface area contributed by atoms with Gasteiger partial charge in [-0.3, -0.25) is 0 Å². The van der Waals surface area contributed by atoms with Crippen molar-refractivity contribution in [1.82, 2.24) is 9.97 Å². The van der Waals surface area contributed by atoms with Crippen molar-refractivity contribution in [2.45, 2.75) is 26.4 Å². The van der Waals surface area contributed by atoms with Crippen LogP contribution in [0.1, 0.15) is 31.1 Å². The van der Waals surface area contributed by atoms with Crippen LogP contribution in [-0.2, 0) is 4.74 Å². The zero-order valence-electron chi connectivity index (χ0n) is 11.3. The minimum absolute atomic E-state index is 0.365. The van der Waals surface area contributed by atoms with Gasteiger partial charge in [0.1, 0.15) is 5.60 Å². The molecule has 0 atom stereocenters. The number of rotatable bonds is 2. The first-order chi connectivity index (χ1) is 8.97. The molecule has 98 valence electrons. The molecule has 0 aliphatic heterocycles. The van der Waals surface area contributed by atoms with Crippen LogP contribution >= 0.6 is 0 Å². The molecule has 0 bridgehead atoms. The number of carbonyl (C=O) groups excluding carboxylic acids is 1. The highest BCUT2D eigenvalue weighted by Gasteiger charge is 2.21. The van der Waals surface area contributed by atoms with E-state index < -0.39 is 5.60 Å². The predicted octanol–water partition coefficient (Wildman–Crippen LogP) is 3.10. The van der Waals surface area contributed by atoms with Crippen molar-refractivity contribution in [3.63, 3.8) is 0 Å². The number of hydrogen-bond donors (Lipinski definition) is 0. The summed E-state index contributed by atoms with van der Waals surface area (Å²) in [7, 11) is 0. The standard InChI is InChI=1S/C15H16N2O2/c1-15(2,3)19-14(18)12-8-5-4-7-11(12)13-16-9-6-10-17-13/h4-10H,1-3H3. The fourth-order valence-electron chi connectivity index (χ4n) is 1.63. The normalized spacial score (nSPS) is 11.1. The van der Waals surface area contributed by atoms with Gasteiger partial charge in [-0.05, 0) is 32.9 Å². The van der Waals surface area contributed by atoms with Gasteiger partial charge in [0, 0.05) is 18.0 Å². The van der Waals surface area contributed by atoms with E-state index in [1.165, 1.54) is 0 Å². The molecular weight excluding hydrogens is 240 g/mol. The fourth-order valence-corrected chi connectivity index (χ4v) is 1.63. The van der Waals surface area contributed by atoms with E-state index in [-0.39, 0.29) is 5.97 Å². The molecule has 0 aliphatic carbocycles. The van der Waals surface area contributed by atoms with Crippen LogP contribution < -0.4 is 0 Å². The second kappa shape index (κ2) is 5.18. The van der Waals surface area contributed by atoms with Gasteiger partial charge in [-0.15, -0.1) is 0 Å². The molecule has 0 unspecified atom stereocenters. The molecule has 2 aromatic rings. The van der Waals surface area contributed by atoms with E-state index >= 15 is 0 Å². The van der Waals surface area contributed by atoms with Gasteiger partial charge < -0.3 is 4.74 Å². The topological polar surface area (TPSA) is 52.1 Å². The molecule has 1 aromatic heterocycles. The van der Waals surface area contributed by atoms with Crippen LogP contribution in [0, 0.1) is 0 Å². The van der Waals surface area contributed by atoms with Crippen LogP contribution in [-0.4, -0.2) is 21.5 Å². The van der Waals surface area contributed by atoms with Gasteiger partial charge in [-0.1, -0.05) is 18.2 Å². The molecule has 0 saturated carbocycles. The maximum absolute atomic E-state index is 12.2. The molecular formula is C15H16N2O2. The van der Waals surface area contributed by atoms with Crippen LogP contribution in [0.15, 0.2) is 42.7 Å². The van der Waals surface area contributed by atoms with Crippen molar-refractivity contribution in [2.75, 3.05) is 0 Å². The first-order valence-corrected chi connectivity index (χ1v) is 6.07. The number of hydrogen-bond acceptors (Lipinski definition) is 4. The van der Waals surface area contributed by atoms with Gasteiger partial charge in [-0.2, -0.15) is 0 Å². The van der Waals surface area contributed by atoms with Gasteiger partial charge in [-0.25, -0.2) is 14.8 Å². The highest BCUT2D eigenvalue weighted by Crippen LogP contribution is 2.22. The third-order valence-corrected chi connectivity index (χ3v) is 2.35. The summed E-state index contributed by atoms with van der Waals surface area (Å²) >= 11 is 0. The summed E-state index contributed by atoms with van der Waals surface area (Å²) in [5.41, 5.74) is 0.628. The summed E-state index contributed by atoms with van der Waals surface area (Å²) < 4.78 is 5.39. The second-order valence-corrected chi connectivity index (χ2v) is 5.12. The summed E-state index contributed by atoms with van der Waals surface area (Å²) in [6.07, 6.45) is 3.29. The van der Waals surface area contributed by atoms with Crippen molar-refractivity contribution in [1.29, 1.82) is 0 Å². The van der Waals surface area contributed by atoms with E-state index in [0.29, 0.717) is 17.0 Å². The summed E-state index contributed by atoms with van der Waals surface area (Å²) in [5.74, 6) is 0.152. The van der Waals surface area contributed by atoms with Crippen molar-refractivity contribution in [3.8, 4) is 11.4 Å². The zero-order chi connectivity index (χ0) is 13.9. The monoisotopic (exact) mass is 256 g/mol. The lowest BCUT2D eigenvalue weighted by molar-refractivity contribution is 0.00704. The quantitative estimate of drug-likeness (QED) is 0.775. The maximum atomic E-state index is 12.2. The van der Waals surface area contributed by atoms with Crippen LogP contribution in [0.4, 0.5) is 0 Å². The Kier molecular flexibility index (Phi) is 3.60. The Bertz CT molecular complexity index is 574. The first kappa shape index (κ1) is 13.2. The maximum Gasteiger partial charge on any atom is 0.339 e. The van der Waals surface area contributed by atoms with Crippen LogP contribution in [0.25, 0.3) is 11.4 Å². The largest absolute Gasteiger partial charge is 0.456 e. The Hall–Kier alpha value is -2.23. The molecule has 0 aliphatic rings. The Morgan fingerprint density at radius 2 is 1.68 bits per heavy atom. The van der Waals surface area contributed by atoms with Crippen LogP contribution in [0.3, 0.4) is 0 Å². The lowest BCUT2D eigenvalue weighted by Gasteiger charge is -2.20. The smallest absolute Gasteiger partial charge is 0.339 e. The Labute approximate surface area is 112 Å². The summed E-state index contributed by atoms with van der Waals surface area (Å²) in [5, 5.41) is 0. The average molecular weight is 256 g/mol. The molecule has 4 nitrogen and oxygen atoms in total. The van der Waals surface area contributed by atoms with E-state index in [1.54, 1.807) is 30.6 Å². The number of nitrogens with zero attached hydrogens (tertiary/aromatic N) is 2. The van der Waals surface area contributed by atoms with E-state index in [1.807, 2.05) is 32.9 Å².